The van der Waals surface area contributed by atoms with E-state index in [2.05, 4.69) is 0 Å². The molecule has 0 bridgehead atoms. The minimum atomic E-state index is -3.96. The average molecular weight is 361 g/mol. The van der Waals surface area contributed by atoms with E-state index in [9.17, 15) is 17.2 Å². The van der Waals surface area contributed by atoms with E-state index in [1.54, 1.807) is 12.1 Å². The zero-order chi connectivity index (χ0) is 17.8. The summed E-state index contributed by atoms with van der Waals surface area (Å²) in [5.74, 6) is -1.54. The molecule has 1 heterocycles. The Kier molecular flexibility index (Phi) is 3.68. The van der Waals surface area contributed by atoms with E-state index < -0.39 is 21.7 Å². The van der Waals surface area contributed by atoms with Crippen LogP contribution in [-0.2, 0) is 22.9 Å². The number of nitrogens with zero attached hydrogens (tertiary/aromatic N) is 1. The molecule has 130 valence electrons. The first-order valence-corrected chi connectivity index (χ1v) is 9.67. The van der Waals surface area contributed by atoms with Gasteiger partial charge in [-0.3, -0.25) is 0 Å². The highest BCUT2D eigenvalue weighted by Gasteiger charge is 2.30. The van der Waals surface area contributed by atoms with E-state index in [0.29, 0.717) is 23.9 Å². The molecular formula is C19H17F2NO2S. The Morgan fingerprint density at radius 3 is 2.40 bits per heavy atom. The van der Waals surface area contributed by atoms with Gasteiger partial charge >= 0.3 is 0 Å². The summed E-state index contributed by atoms with van der Waals surface area (Å²) in [5, 5.41) is 0.364. The van der Waals surface area contributed by atoms with Gasteiger partial charge in [0.1, 0.15) is 11.3 Å². The second-order valence-electron chi connectivity index (χ2n) is 6.50. The molecule has 1 aliphatic carbocycles. The predicted molar refractivity (Wildman–Crippen MR) is 92.3 cm³/mol. The maximum atomic E-state index is 14.6. The van der Waals surface area contributed by atoms with Crippen LogP contribution in [0.1, 0.15) is 29.7 Å². The normalized spacial score (nSPS) is 14.7. The van der Waals surface area contributed by atoms with Gasteiger partial charge in [0.2, 0.25) is 0 Å². The lowest BCUT2D eigenvalue weighted by molar-refractivity contribution is 0.575. The fraction of sp³-hybridized carbons (Fsp3) is 0.263. The van der Waals surface area contributed by atoms with Crippen molar-refractivity contribution in [1.29, 1.82) is 0 Å². The van der Waals surface area contributed by atoms with Gasteiger partial charge < -0.3 is 0 Å². The highest BCUT2D eigenvalue weighted by atomic mass is 32.2. The van der Waals surface area contributed by atoms with Gasteiger partial charge in [0.15, 0.2) is 5.82 Å². The number of aryl methyl sites for hydroxylation is 2. The molecule has 0 fully saturated rings. The number of aromatic nitrogens is 1. The molecule has 4 rings (SSSR count). The minimum absolute atomic E-state index is 0.0473. The lowest BCUT2D eigenvalue weighted by atomic mass is 9.96. The third kappa shape index (κ3) is 2.47. The van der Waals surface area contributed by atoms with E-state index in [1.807, 2.05) is 6.92 Å². The summed E-state index contributed by atoms with van der Waals surface area (Å²) in [5.41, 5.74) is 2.21. The highest BCUT2D eigenvalue weighted by Crippen LogP contribution is 2.36. The summed E-state index contributed by atoms with van der Waals surface area (Å²) in [6.45, 7) is 1.87. The van der Waals surface area contributed by atoms with Crippen molar-refractivity contribution in [2.75, 3.05) is 0 Å². The van der Waals surface area contributed by atoms with E-state index in [4.69, 9.17) is 0 Å². The summed E-state index contributed by atoms with van der Waals surface area (Å²) >= 11 is 0. The van der Waals surface area contributed by atoms with Crippen LogP contribution in [0.5, 0.6) is 0 Å². The fourth-order valence-electron chi connectivity index (χ4n) is 3.62. The summed E-state index contributed by atoms with van der Waals surface area (Å²) < 4.78 is 55.9. The van der Waals surface area contributed by atoms with Crippen LogP contribution < -0.4 is 0 Å². The minimum Gasteiger partial charge on any atom is -0.235 e. The number of fused-ring (bicyclic) bond motifs is 3. The molecule has 6 heteroatoms. The van der Waals surface area contributed by atoms with E-state index >= 15 is 0 Å². The first kappa shape index (κ1) is 16.3. The molecule has 1 aliphatic rings. The van der Waals surface area contributed by atoms with Gasteiger partial charge in [-0.05, 0) is 56.4 Å². The smallest absolute Gasteiger partial charge is 0.235 e. The van der Waals surface area contributed by atoms with Gasteiger partial charge in [0.25, 0.3) is 10.0 Å². The molecule has 0 aliphatic heterocycles. The first-order valence-electron chi connectivity index (χ1n) is 8.23. The van der Waals surface area contributed by atoms with Gasteiger partial charge in [-0.25, -0.2) is 21.2 Å². The van der Waals surface area contributed by atoms with Crippen LogP contribution in [0.2, 0.25) is 0 Å². The van der Waals surface area contributed by atoms with Crippen LogP contribution in [-0.4, -0.2) is 12.4 Å². The Labute approximate surface area is 145 Å². The van der Waals surface area contributed by atoms with Crippen molar-refractivity contribution in [3.63, 3.8) is 0 Å². The second kappa shape index (κ2) is 5.66. The molecule has 0 spiro atoms. The number of benzene rings is 2. The lowest BCUT2D eigenvalue weighted by Crippen LogP contribution is -2.18. The fourth-order valence-corrected chi connectivity index (χ4v) is 5.23. The molecule has 2 aromatic carbocycles. The van der Waals surface area contributed by atoms with Crippen molar-refractivity contribution in [3.8, 4) is 0 Å². The molecular weight excluding hydrogens is 344 g/mol. The quantitative estimate of drug-likeness (QED) is 0.681. The third-order valence-corrected chi connectivity index (χ3v) is 6.55. The van der Waals surface area contributed by atoms with Crippen LogP contribution in [0, 0.1) is 18.6 Å². The molecule has 1 aromatic heterocycles. The molecule has 25 heavy (non-hydrogen) atoms. The topological polar surface area (TPSA) is 39.1 Å². The molecule has 3 nitrogen and oxygen atoms in total. The van der Waals surface area contributed by atoms with Crippen LogP contribution in [0.15, 0.2) is 41.3 Å². The molecule has 0 radical (unpaired) electrons. The van der Waals surface area contributed by atoms with E-state index in [-0.39, 0.29) is 10.4 Å². The first-order chi connectivity index (χ1) is 11.9. The molecule has 0 N–H and O–H groups in total. The van der Waals surface area contributed by atoms with E-state index in [0.717, 1.165) is 34.0 Å². The Morgan fingerprint density at radius 1 is 1.00 bits per heavy atom. The maximum Gasteiger partial charge on any atom is 0.268 e. The Hall–Kier alpha value is -2.21. The molecule has 0 saturated carbocycles. The van der Waals surface area contributed by atoms with Crippen molar-refractivity contribution in [2.24, 2.45) is 0 Å². The van der Waals surface area contributed by atoms with Crippen LogP contribution >= 0.6 is 0 Å². The lowest BCUT2D eigenvalue weighted by Gasteiger charge is -2.16. The summed E-state index contributed by atoms with van der Waals surface area (Å²) in [7, 11) is -3.96. The molecule has 0 amide bonds. The second-order valence-corrected chi connectivity index (χ2v) is 8.29. The maximum absolute atomic E-state index is 14.6. The molecule has 0 atom stereocenters. The van der Waals surface area contributed by atoms with Crippen molar-refractivity contribution < 1.29 is 17.2 Å². The monoisotopic (exact) mass is 361 g/mol. The van der Waals surface area contributed by atoms with Crippen molar-refractivity contribution in [3.05, 3.63) is 64.9 Å². The van der Waals surface area contributed by atoms with Crippen molar-refractivity contribution >= 4 is 20.9 Å². The summed E-state index contributed by atoms with van der Waals surface area (Å²) in [6.07, 6.45) is 2.88. The van der Waals surface area contributed by atoms with Gasteiger partial charge in [-0.1, -0.05) is 17.7 Å². The third-order valence-electron chi connectivity index (χ3n) is 4.80. The summed E-state index contributed by atoms with van der Waals surface area (Å²) in [4.78, 5) is 0.104. The van der Waals surface area contributed by atoms with Crippen molar-refractivity contribution in [2.45, 2.75) is 37.5 Å². The average Bonchev–Trinajstić information content (AvgIpc) is 2.91. The SMILES string of the molecule is Cc1ccc(S(=O)(=O)n2c3c(c4cc(F)cc(F)c42)CCCC3)cc1. The van der Waals surface area contributed by atoms with E-state index in [1.165, 1.54) is 18.2 Å². The number of hydrogen-bond donors (Lipinski definition) is 0. The predicted octanol–water partition coefficient (Wildman–Crippen LogP) is 4.34. The van der Waals surface area contributed by atoms with Gasteiger partial charge in [0.05, 0.1) is 4.90 Å². The Morgan fingerprint density at radius 2 is 1.68 bits per heavy atom. The Bertz CT molecular complexity index is 1080. The molecule has 0 saturated heterocycles. The zero-order valence-electron chi connectivity index (χ0n) is 13.7. The summed E-state index contributed by atoms with van der Waals surface area (Å²) in [6, 6.07) is 8.45. The van der Waals surface area contributed by atoms with Gasteiger partial charge in [-0.2, -0.15) is 0 Å². The Balaban J connectivity index is 2.09. The van der Waals surface area contributed by atoms with Crippen LogP contribution in [0.4, 0.5) is 8.78 Å². The molecule has 0 unspecified atom stereocenters. The van der Waals surface area contributed by atoms with Gasteiger partial charge in [-0.15, -0.1) is 0 Å². The zero-order valence-corrected chi connectivity index (χ0v) is 14.5. The van der Waals surface area contributed by atoms with Crippen LogP contribution in [0.3, 0.4) is 0 Å². The molecule has 3 aromatic rings. The number of rotatable bonds is 2. The van der Waals surface area contributed by atoms with Gasteiger partial charge in [0, 0.05) is 17.1 Å². The number of halogens is 2. The standard InChI is InChI=1S/C19H17F2NO2S/c1-12-6-8-14(9-7-12)25(23,24)22-18-5-3-2-4-15(18)16-10-13(20)11-17(21)19(16)22/h6-11H,2-5H2,1H3. The highest BCUT2D eigenvalue weighted by molar-refractivity contribution is 7.90. The van der Waals surface area contributed by atoms with Crippen molar-refractivity contribution in [1.82, 2.24) is 3.97 Å². The number of hydrogen-bond acceptors (Lipinski definition) is 2. The largest absolute Gasteiger partial charge is 0.268 e. The van der Waals surface area contributed by atoms with Crippen LogP contribution in [0.25, 0.3) is 10.9 Å².